The fourth-order valence-electron chi connectivity index (χ4n) is 1.95. The molecule has 22 heavy (non-hydrogen) atoms. The number of carboxylic acids is 2. The topological polar surface area (TPSA) is 91.7 Å². The van der Waals surface area contributed by atoms with E-state index in [1.807, 2.05) is 0 Å². The minimum Gasteiger partial charge on any atom is -0.478 e. The van der Waals surface area contributed by atoms with Crippen LogP contribution in [-0.4, -0.2) is 27.9 Å². The lowest BCUT2D eigenvalue weighted by molar-refractivity contribution is 0.0650. The monoisotopic (exact) mass is 338 g/mol. The standard InChI is InChI=1S/C15H8Cl2O5/c16-8-3-1-7(2-4-8)13(18)9-5-6-10(17)12(15(21)22)11(9)14(19)20/h1-6H,(H,19,20)(H,21,22). The van der Waals surface area contributed by atoms with E-state index < -0.39 is 28.8 Å². The van der Waals surface area contributed by atoms with Crippen LogP contribution in [0.2, 0.25) is 10.0 Å². The van der Waals surface area contributed by atoms with Crippen molar-refractivity contribution in [1.82, 2.24) is 0 Å². The van der Waals surface area contributed by atoms with Crippen LogP contribution in [0.4, 0.5) is 0 Å². The van der Waals surface area contributed by atoms with E-state index in [9.17, 15) is 19.5 Å². The second kappa shape index (κ2) is 6.17. The Kier molecular flexibility index (Phi) is 4.49. The maximum atomic E-state index is 12.4. The van der Waals surface area contributed by atoms with Gasteiger partial charge in [-0.1, -0.05) is 23.2 Å². The van der Waals surface area contributed by atoms with Crippen LogP contribution in [0.1, 0.15) is 36.6 Å². The Morgan fingerprint density at radius 1 is 0.773 bits per heavy atom. The summed E-state index contributed by atoms with van der Waals surface area (Å²) in [4.78, 5) is 35.0. The van der Waals surface area contributed by atoms with Gasteiger partial charge in [0.1, 0.15) is 0 Å². The summed E-state index contributed by atoms with van der Waals surface area (Å²) in [5.41, 5.74) is -1.32. The summed E-state index contributed by atoms with van der Waals surface area (Å²) in [6.45, 7) is 0. The van der Waals surface area contributed by atoms with E-state index in [2.05, 4.69) is 0 Å². The molecule has 0 saturated carbocycles. The van der Waals surface area contributed by atoms with Crippen molar-refractivity contribution < 1.29 is 24.6 Å². The molecule has 2 N–H and O–H groups in total. The lowest BCUT2D eigenvalue weighted by Crippen LogP contribution is -2.16. The number of benzene rings is 2. The third kappa shape index (κ3) is 2.95. The van der Waals surface area contributed by atoms with Crippen molar-refractivity contribution >= 4 is 40.9 Å². The van der Waals surface area contributed by atoms with E-state index in [0.29, 0.717) is 5.02 Å². The summed E-state index contributed by atoms with van der Waals surface area (Å²) < 4.78 is 0. The van der Waals surface area contributed by atoms with Crippen LogP contribution < -0.4 is 0 Å². The van der Waals surface area contributed by atoms with Crippen LogP contribution in [0.5, 0.6) is 0 Å². The first-order chi connectivity index (χ1) is 10.3. The third-order valence-corrected chi connectivity index (χ3v) is 3.50. The SMILES string of the molecule is O=C(c1ccc(Cl)cc1)c1ccc(Cl)c(C(=O)O)c1C(=O)O. The summed E-state index contributed by atoms with van der Waals surface area (Å²) in [6.07, 6.45) is 0. The quantitative estimate of drug-likeness (QED) is 0.830. The Bertz CT molecular complexity index is 781. The van der Waals surface area contributed by atoms with Gasteiger partial charge in [-0.2, -0.15) is 0 Å². The maximum Gasteiger partial charge on any atom is 0.338 e. The largest absolute Gasteiger partial charge is 0.478 e. The van der Waals surface area contributed by atoms with Crippen molar-refractivity contribution in [3.8, 4) is 0 Å². The summed E-state index contributed by atoms with van der Waals surface area (Å²) in [5, 5.41) is 18.6. The molecule has 0 spiro atoms. The molecule has 7 heteroatoms. The van der Waals surface area contributed by atoms with Crippen LogP contribution in [0.15, 0.2) is 36.4 Å². The lowest BCUT2D eigenvalue weighted by Gasteiger charge is -2.10. The van der Waals surface area contributed by atoms with Crippen molar-refractivity contribution in [2.75, 3.05) is 0 Å². The predicted molar refractivity (Wildman–Crippen MR) is 80.3 cm³/mol. The van der Waals surface area contributed by atoms with Crippen molar-refractivity contribution in [1.29, 1.82) is 0 Å². The van der Waals surface area contributed by atoms with Crippen molar-refractivity contribution in [3.05, 3.63) is 68.7 Å². The molecule has 0 bridgehead atoms. The molecule has 0 radical (unpaired) electrons. The van der Waals surface area contributed by atoms with Gasteiger partial charge in [0.2, 0.25) is 0 Å². The van der Waals surface area contributed by atoms with Gasteiger partial charge < -0.3 is 10.2 Å². The van der Waals surface area contributed by atoms with E-state index in [1.165, 1.54) is 36.4 Å². The maximum absolute atomic E-state index is 12.4. The van der Waals surface area contributed by atoms with Crippen LogP contribution in [0, 0.1) is 0 Å². The molecule has 0 fully saturated rings. The molecule has 2 aromatic rings. The average molecular weight is 339 g/mol. The Balaban J connectivity index is 2.67. The van der Waals surface area contributed by atoms with E-state index in [0.717, 1.165) is 0 Å². The number of hydrogen-bond donors (Lipinski definition) is 2. The number of rotatable bonds is 4. The van der Waals surface area contributed by atoms with Gasteiger partial charge in [0, 0.05) is 16.1 Å². The highest BCUT2D eigenvalue weighted by Crippen LogP contribution is 2.26. The van der Waals surface area contributed by atoms with E-state index in [-0.39, 0.29) is 16.1 Å². The predicted octanol–water partition coefficient (Wildman–Crippen LogP) is 3.62. The molecule has 0 atom stereocenters. The number of halogens is 2. The van der Waals surface area contributed by atoms with Crippen LogP contribution >= 0.6 is 23.2 Å². The Hall–Kier alpha value is -2.37. The lowest BCUT2D eigenvalue weighted by atomic mass is 9.94. The summed E-state index contributed by atoms with van der Waals surface area (Å²) >= 11 is 11.5. The molecular weight excluding hydrogens is 331 g/mol. The van der Waals surface area contributed by atoms with Gasteiger partial charge in [0.15, 0.2) is 5.78 Å². The summed E-state index contributed by atoms with van der Waals surface area (Å²) in [5.74, 6) is -3.70. The average Bonchev–Trinajstić information content (AvgIpc) is 2.46. The molecule has 0 aliphatic heterocycles. The van der Waals surface area contributed by atoms with Crippen LogP contribution in [-0.2, 0) is 0 Å². The molecule has 0 aliphatic rings. The number of carbonyl (C=O) groups is 3. The molecule has 5 nitrogen and oxygen atoms in total. The molecule has 0 heterocycles. The Morgan fingerprint density at radius 3 is 1.82 bits per heavy atom. The minimum absolute atomic E-state index is 0.186. The molecular formula is C15H8Cl2O5. The van der Waals surface area contributed by atoms with Crippen molar-refractivity contribution in [3.63, 3.8) is 0 Å². The number of ketones is 1. The highest BCUT2D eigenvalue weighted by Gasteiger charge is 2.27. The molecule has 0 unspecified atom stereocenters. The van der Waals surface area contributed by atoms with Gasteiger partial charge in [0.25, 0.3) is 0 Å². The molecule has 0 aromatic heterocycles. The fraction of sp³-hybridized carbons (Fsp3) is 0. The zero-order valence-corrected chi connectivity index (χ0v) is 12.4. The molecule has 0 aliphatic carbocycles. The Labute approximate surface area is 134 Å². The smallest absolute Gasteiger partial charge is 0.338 e. The van der Waals surface area contributed by atoms with Crippen LogP contribution in [0.25, 0.3) is 0 Å². The third-order valence-electron chi connectivity index (χ3n) is 2.93. The van der Waals surface area contributed by atoms with Gasteiger partial charge in [-0.15, -0.1) is 0 Å². The van der Waals surface area contributed by atoms with E-state index in [1.54, 1.807) is 0 Å². The van der Waals surface area contributed by atoms with E-state index >= 15 is 0 Å². The first kappa shape index (κ1) is 16.0. The normalized spacial score (nSPS) is 10.3. The molecule has 112 valence electrons. The highest BCUT2D eigenvalue weighted by atomic mass is 35.5. The highest BCUT2D eigenvalue weighted by molar-refractivity contribution is 6.35. The first-order valence-corrected chi connectivity index (χ1v) is 6.68. The van der Waals surface area contributed by atoms with Gasteiger partial charge in [-0.05, 0) is 36.4 Å². The van der Waals surface area contributed by atoms with Gasteiger partial charge in [-0.25, -0.2) is 9.59 Å². The number of carbonyl (C=O) groups excluding carboxylic acids is 1. The molecule has 0 saturated heterocycles. The number of hydrogen-bond acceptors (Lipinski definition) is 3. The summed E-state index contributed by atoms with van der Waals surface area (Å²) in [6, 6.07) is 8.17. The molecule has 0 amide bonds. The fourth-order valence-corrected chi connectivity index (χ4v) is 2.32. The van der Waals surface area contributed by atoms with Crippen molar-refractivity contribution in [2.45, 2.75) is 0 Å². The zero-order chi connectivity index (χ0) is 16.4. The van der Waals surface area contributed by atoms with Gasteiger partial charge in [0.05, 0.1) is 16.1 Å². The molecule has 2 rings (SSSR count). The Morgan fingerprint density at radius 2 is 1.32 bits per heavy atom. The second-order valence-electron chi connectivity index (χ2n) is 4.29. The second-order valence-corrected chi connectivity index (χ2v) is 5.13. The van der Waals surface area contributed by atoms with Crippen LogP contribution in [0.3, 0.4) is 0 Å². The first-order valence-electron chi connectivity index (χ1n) is 5.92. The van der Waals surface area contributed by atoms with Crippen molar-refractivity contribution in [2.24, 2.45) is 0 Å². The minimum atomic E-state index is -1.54. The van der Waals surface area contributed by atoms with Gasteiger partial charge in [-0.3, -0.25) is 4.79 Å². The zero-order valence-electron chi connectivity index (χ0n) is 10.8. The number of aromatic carboxylic acids is 2. The van der Waals surface area contributed by atoms with Gasteiger partial charge >= 0.3 is 11.9 Å². The summed E-state index contributed by atoms with van der Waals surface area (Å²) in [7, 11) is 0. The molecule has 2 aromatic carbocycles. The van der Waals surface area contributed by atoms with E-state index in [4.69, 9.17) is 28.3 Å². The number of carboxylic acid groups (broad SMARTS) is 2.